The first kappa shape index (κ1) is 13.5. The minimum absolute atomic E-state index is 0.253. The molecule has 0 saturated heterocycles. The van der Waals surface area contributed by atoms with Gasteiger partial charge in [-0.05, 0) is 49.5 Å². The van der Waals surface area contributed by atoms with E-state index in [9.17, 15) is 9.50 Å². The van der Waals surface area contributed by atoms with Gasteiger partial charge in [-0.15, -0.1) is 0 Å². The van der Waals surface area contributed by atoms with Crippen molar-refractivity contribution in [2.75, 3.05) is 0 Å². The third-order valence-corrected chi connectivity index (χ3v) is 4.27. The average Bonchev–Trinajstić information content (AvgIpc) is 2.38. The number of rotatable bonds is 3. The van der Waals surface area contributed by atoms with Gasteiger partial charge in [-0.3, -0.25) is 4.98 Å². The van der Waals surface area contributed by atoms with Crippen LogP contribution in [0.5, 0.6) is 0 Å². The molecule has 1 heterocycles. The molecule has 100 valence electrons. The molecule has 0 aliphatic heterocycles. The van der Waals surface area contributed by atoms with Gasteiger partial charge in [0, 0.05) is 11.8 Å². The van der Waals surface area contributed by atoms with Crippen LogP contribution < -0.4 is 0 Å². The molecule has 0 aromatic carbocycles. The summed E-state index contributed by atoms with van der Waals surface area (Å²) in [5, 5.41) is 10.3. The van der Waals surface area contributed by atoms with Crippen LogP contribution in [0.2, 0.25) is 0 Å². The van der Waals surface area contributed by atoms with Gasteiger partial charge in [0.1, 0.15) is 5.82 Å². The number of halogens is 1. The Balaban J connectivity index is 1.97. The highest BCUT2D eigenvalue weighted by atomic mass is 19.1. The normalized spacial score (nSPS) is 26.3. The highest BCUT2D eigenvalue weighted by Gasteiger charge is 2.28. The van der Waals surface area contributed by atoms with Crippen LogP contribution in [0.3, 0.4) is 0 Å². The monoisotopic (exact) mass is 251 g/mol. The van der Waals surface area contributed by atoms with Crippen molar-refractivity contribution in [2.45, 2.75) is 45.6 Å². The Kier molecular flexibility index (Phi) is 4.33. The zero-order valence-electron chi connectivity index (χ0n) is 11.1. The van der Waals surface area contributed by atoms with Crippen LogP contribution in [0.25, 0.3) is 0 Å². The van der Waals surface area contributed by atoms with E-state index in [0.717, 1.165) is 24.7 Å². The highest BCUT2D eigenvalue weighted by molar-refractivity contribution is 5.14. The fraction of sp³-hybridized carbons (Fsp3) is 0.667. The molecule has 0 amide bonds. The maximum absolute atomic E-state index is 13.1. The lowest BCUT2D eigenvalue weighted by atomic mass is 9.74. The minimum Gasteiger partial charge on any atom is -0.388 e. The van der Waals surface area contributed by atoms with Gasteiger partial charge in [-0.1, -0.05) is 13.8 Å². The van der Waals surface area contributed by atoms with E-state index in [-0.39, 0.29) is 11.7 Å². The molecule has 1 saturated carbocycles. The molecule has 0 radical (unpaired) electrons. The van der Waals surface area contributed by atoms with Crippen LogP contribution in [0.4, 0.5) is 4.39 Å². The predicted octanol–water partition coefficient (Wildman–Crippen LogP) is 3.72. The van der Waals surface area contributed by atoms with Crippen molar-refractivity contribution in [1.29, 1.82) is 0 Å². The first-order chi connectivity index (χ1) is 8.58. The van der Waals surface area contributed by atoms with E-state index in [2.05, 4.69) is 18.8 Å². The summed E-state index contributed by atoms with van der Waals surface area (Å²) in [5.74, 6) is 1.38. The van der Waals surface area contributed by atoms with E-state index in [1.165, 1.54) is 25.1 Å². The molecule has 1 aliphatic carbocycles. The third-order valence-electron chi connectivity index (χ3n) is 4.27. The molecule has 1 N–H and O–H groups in total. The van der Waals surface area contributed by atoms with Gasteiger partial charge in [-0.25, -0.2) is 4.39 Å². The lowest BCUT2D eigenvalue weighted by molar-refractivity contribution is 0.0663. The first-order valence-electron chi connectivity index (χ1n) is 6.86. The Labute approximate surface area is 108 Å². The number of hydrogen-bond donors (Lipinski definition) is 1. The van der Waals surface area contributed by atoms with E-state index < -0.39 is 6.10 Å². The quantitative estimate of drug-likeness (QED) is 0.888. The summed E-state index contributed by atoms with van der Waals surface area (Å²) < 4.78 is 13.1. The standard InChI is InChI=1S/C15H22FNO/c1-10(2)11-3-5-12(6-4-11)15(18)13-7-14(16)9-17-8-13/h7-12,15,18H,3-6H2,1-2H3. The van der Waals surface area contributed by atoms with E-state index >= 15 is 0 Å². The Morgan fingerprint density at radius 1 is 1.17 bits per heavy atom. The molecule has 18 heavy (non-hydrogen) atoms. The number of pyridine rings is 1. The van der Waals surface area contributed by atoms with Crippen LogP contribution >= 0.6 is 0 Å². The summed E-state index contributed by atoms with van der Waals surface area (Å²) in [6.07, 6.45) is 6.57. The fourth-order valence-corrected chi connectivity index (χ4v) is 2.99. The summed E-state index contributed by atoms with van der Waals surface area (Å²) in [6.45, 7) is 4.52. The second-order valence-corrected chi connectivity index (χ2v) is 5.80. The van der Waals surface area contributed by atoms with Gasteiger partial charge < -0.3 is 5.11 Å². The lowest BCUT2D eigenvalue weighted by Gasteiger charge is -2.33. The van der Waals surface area contributed by atoms with Crippen molar-refractivity contribution in [2.24, 2.45) is 17.8 Å². The molecule has 1 atom stereocenters. The first-order valence-corrected chi connectivity index (χ1v) is 6.86. The zero-order chi connectivity index (χ0) is 13.1. The lowest BCUT2D eigenvalue weighted by Crippen LogP contribution is -2.23. The van der Waals surface area contributed by atoms with E-state index in [0.29, 0.717) is 5.56 Å². The number of aromatic nitrogens is 1. The van der Waals surface area contributed by atoms with Crippen LogP contribution in [-0.4, -0.2) is 10.1 Å². The molecule has 1 fully saturated rings. The van der Waals surface area contributed by atoms with Crippen LogP contribution in [0.15, 0.2) is 18.5 Å². The van der Waals surface area contributed by atoms with Crippen molar-refractivity contribution in [3.63, 3.8) is 0 Å². The molecule has 1 aromatic rings. The molecule has 1 aliphatic rings. The number of nitrogens with zero attached hydrogens (tertiary/aromatic N) is 1. The van der Waals surface area contributed by atoms with Crippen molar-refractivity contribution < 1.29 is 9.50 Å². The van der Waals surface area contributed by atoms with Crippen molar-refractivity contribution in [3.05, 3.63) is 29.8 Å². The Morgan fingerprint density at radius 2 is 1.78 bits per heavy atom. The molecular weight excluding hydrogens is 229 g/mol. The van der Waals surface area contributed by atoms with E-state index in [1.54, 1.807) is 6.20 Å². The minimum atomic E-state index is -0.568. The van der Waals surface area contributed by atoms with Crippen molar-refractivity contribution >= 4 is 0 Å². The molecule has 1 aromatic heterocycles. The second kappa shape index (κ2) is 5.79. The Hall–Kier alpha value is -0.960. The van der Waals surface area contributed by atoms with Gasteiger partial charge in [0.2, 0.25) is 0 Å². The summed E-state index contributed by atoms with van der Waals surface area (Å²) in [4.78, 5) is 3.81. The molecule has 1 unspecified atom stereocenters. The molecule has 2 nitrogen and oxygen atoms in total. The van der Waals surface area contributed by atoms with Gasteiger partial charge in [0.15, 0.2) is 0 Å². The SMILES string of the molecule is CC(C)C1CCC(C(O)c2cncc(F)c2)CC1. The van der Waals surface area contributed by atoms with E-state index in [1.807, 2.05) is 0 Å². The molecule has 0 spiro atoms. The summed E-state index contributed by atoms with van der Waals surface area (Å²) >= 11 is 0. The Morgan fingerprint density at radius 3 is 2.33 bits per heavy atom. The second-order valence-electron chi connectivity index (χ2n) is 5.80. The maximum atomic E-state index is 13.1. The van der Waals surface area contributed by atoms with Gasteiger partial charge in [0.05, 0.1) is 12.3 Å². The van der Waals surface area contributed by atoms with Crippen LogP contribution in [-0.2, 0) is 0 Å². The van der Waals surface area contributed by atoms with Crippen LogP contribution in [0, 0.1) is 23.6 Å². The van der Waals surface area contributed by atoms with E-state index in [4.69, 9.17) is 0 Å². The maximum Gasteiger partial charge on any atom is 0.141 e. The average molecular weight is 251 g/mol. The van der Waals surface area contributed by atoms with Gasteiger partial charge >= 0.3 is 0 Å². The number of aliphatic hydroxyl groups is 1. The van der Waals surface area contributed by atoms with Crippen molar-refractivity contribution in [3.8, 4) is 0 Å². The molecule has 0 bridgehead atoms. The third kappa shape index (κ3) is 3.08. The van der Waals surface area contributed by atoms with Gasteiger partial charge in [0.25, 0.3) is 0 Å². The summed E-state index contributed by atoms with van der Waals surface area (Å²) in [7, 11) is 0. The van der Waals surface area contributed by atoms with Crippen LogP contribution in [0.1, 0.15) is 51.2 Å². The molecule has 2 rings (SSSR count). The summed E-state index contributed by atoms with van der Waals surface area (Å²) in [5.41, 5.74) is 0.614. The zero-order valence-corrected chi connectivity index (χ0v) is 11.1. The largest absolute Gasteiger partial charge is 0.388 e. The molecule has 3 heteroatoms. The Bertz CT molecular complexity index is 386. The number of aliphatic hydroxyl groups excluding tert-OH is 1. The van der Waals surface area contributed by atoms with Crippen molar-refractivity contribution in [1.82, 2.24) is 4.98 Å². The smallest absolute Gasteiger partial charge is 0.141 e. The molecular formula is C15H22FNO. The number of hydrogen-bond acceptors (Lipinski definition) is 2. The highest BCUT2D eigenvalue weighted by Crippen LogP contribution is 2.39. The summed E-state index contributed by atoms with van der Waals surface area (Å²) in [6, 6.07) is 1.40. The predicted molar refractivity (Wildman–Crippen MR) is 69.4 cm³/mol. The fourth-order valence-electron chi connectivity index (χ4n) is 2.99. The topological polar surface area (TPSA) is 33.1 Å². The van der Waals surface area contributed by atoms with Gasteiger partial charge in [-0.2, -0.15) is 0 Å².